The molecule has 1 aliphatic rings. The second kappa shape index (κ2) is 8.10. The quantitative estimate of drug-likeness (QED) is 0.848. The van der Waals surface area contributed by atoms with E-state index in [0.717, 1.165) is 12.8 Å². The second-order valence-electron chi connectivity index (χ2n) is 6.00. The van der Waals surface area contributed by atoms with E-state index in [1.807, 2.05) is 19.2 Å². The average molecular weight is 337 g/mol. The van der Waals surface area contributed by atoms with Crippen LogP contribution < -0.4 is 10.6 Å². The lowest BCUT2D eigenvalue weighted by Crippen LogP contribution is -2.49. The number of carbonyl (C=O) groups is 3. The lowest BCUT2D eigenvalue weighted by atomic mass is 9.97. The van der Waals surface area contributed by atoms with Gasteiger partial charge >= 0.3 is 0 Å². The van der Waals surface area contributed by atoms with Gasteiger partial charge in [-0.2, -0.15) is 0 Å². The normalized spacial score (nSPS) is 17.9. The maximum atomic E-state index is 12.2. The van der Waals surface area contributed by atoms with E-state index in [0.29, 0.717) is 18.0 Å². The van der Waals surface area contributed by atoms with Crippen LogP contribution in [-0.2, 0) is 9.59 Å². The van der Waals surface area contributed by atoms with E-state index < -0.39 is 0 Å². The molecule has 1 aromatic rings. The largest absolute Gasteiger partial charge is 0.354 e. The molecule has 0 spiro atoms. The fourth-order valence-corrected chi connectivity index (χ4v) is 3.22. The van der Waals surface area contributed by atoms with Crippen LogP contribution in [-0.4, -0.2) is 48.3 Å². The molecule has 2 heterocycles. The third-order valence-corrected chi connectivity index (χ3v) is 4.59. The number of likely N-dealkylation sites (tertiary alicyclic amines) is 1. The van der Waals surface area contributed by atoms with Gasteiger partial charge in [-0.1, -0.05) is 6.07 Å². The molecule has 3 amide bonds. The molecule has 2 rings (SSSR count). The van der Waals surface area contributed by atoms with Crippen LogP contribution in [0.4, 0.5) is 0 Å². The molecule has 0 radical (unpaired) electrons. The van der Waals surface area contributed by atoms with E-state index in [-0.39, 0.29) is 36.2 Å². The third kappa shape index (κ3) is 5.06. The maximum absolute atomic E-state index is 12.2. The summed E-state index contributed by atoms with van der Waals surface area (Å²) in [6.45, 7) is 4.87. The van der Waals surface area contributed by atoms with Crippen molar-refractivity contribution in [3.8, 4) is 0 Å². The number of rotatable bonds is 5. The molecule has 0 bridgehead atoms. The monoisotopic (exact) mass is 337 g/mol. The van der Waals surface area contributed by atoms with Crippen molar-refractivity contribution in [2.24, 2.45) is 5.92 Å². The van der Waals surface area contributed by atoms with E-state index in [4.69, 9.17) is 0 Å². The topological polar surface area (TPSA) is 78.5 Å². The molecule has 7 heteroatoms. The van der Waals surface area contributed by atoms with Crippen LogP contribution in [0.3, 0.4) is 0 Å². The van der Waals surface area contributed by atoms with E-state index in [1.54, 1.807) is 17.0 Å². The first-order chi connectivity index (χ1) is 11.0. The smallest absolute Gasteiger partial charge is 0.261 e. The SMILES string of the molecule is CC(C)NC(=O)C1CCCN(C(=O)CNC(=O)c2cccs2)C1. The van der Waals surface area contributed by atoms with Gasteiger partial charge < -0.3 is 15.5 Å². The van der Waals surface area contributed by atoms with Crippen LogP contribution in [0.2, 0.25) is 0 Å². The summed E-state index contributed by atoms with van der Waals surface area (Å²) in [6, 6.07) is 3.61. The molecular formula is C16H23N3O3S. The Balaban J connectivity index is 1.82. The fourth-order valence-electron chi connectivity index (χ4n) is 2.58. The number of nitrogens with one attached hydrogen (secondary N) is 2. The van der Waals surface area contributed by atoms with Crippen molar-refractivity contribution in [3.05, 3.63) is 22.4 Å². The molecule has 23 heavy (non-hydrogen) atoms. The minimum atomic E-state index is -0.237. The molecule has 1 unspecified atom stereocenters. The highest BCUT2D eigenvalue weighted by Gasteiger charge is 2.28. The summed E-state index contributed by atoms with van der Waals surface area (Å²) in [7, 11) is 0. The van der Waals surface area contributed by atoms with Gasteiger partial charge in [-0.25, -0.2) is 0 Å². The molecule has 1 aliphatic heterocycles. The Morgan fingerprint density at radius 3 is 2.83 bits per heavy atom. The first-order valence-electron chi connectivity index (χ1n) is 7.87. The van der Waals surface area contributed by atoms with Crippen LogP contribution in [0.25, 0.3) is 0 Å². The van der Waals surface area contributed by atoms with Crippen molar-refractivity contribution in [2.75, 3.05) is 19.6 Å². The first-order valence-corrected chi connectivity index (χ1v) is 8.75. The Hall–Kier alpha value is -1.89. The van der Waals surface area contributed by atoms with E-state index >= 15 is 0 Å². The standard InChI is InChI=1S/C16H23N3O3S/c1-11(2)18-15(21)12-5-3-7-19(10-12)14(20)9-17-16(22)13-6-4-8-23-13/h4,6,8,11-12H,3,5,7,9-10H2,1-2H3,(H,17,22)(H,18,21). The van der Waals surface area contributed by atoms with Crippen molar-refractivity contribution in [1.29, 1.82) is 0 Å². The lowest BCUT2D eigenvalue weighted by Gasteiger charge is -2.32. The van der Waals surface area contributed by atoms with Gasteiger partial charge in [0.25, 0.3) is 5.91 Å². The molecule has 126 valence electrons. The number of amides is 3. The highest BCUT2D eigenvalue weighted by Crippen LogP contribution is 2.17. The predicted molar refractivity (Wildman–Crippen MR) is 89.2 cm³/mol. The third-order valence-electron chi connectivity index (χ3n) is 3.72. The van der Waals surface area contributed by atoms with Crippen molar-refractivity contribution < 1.29 is 14.4 Å². The summed E-state index contributed by atoms with van der Waals surface area (Å²) in [4.78, 5) is 38.4. The molecule has 0 saturated carbocycles. The molecule has 0 aliphatic carbocycles. The predicted octanol–water partition coefficient (Wildman–Crippen LogP) is 1.24. The van der Waals surface area contributed by atoms with Crippen molar-refractivity contribution in [3.63, 3.8) is 0 Å². The summed E-state index contributed by atoms with van der Waals surface area (Å²) in [5.41, 5.74) is 0. The molecule has 1 aromatic heterocycles. The Kier molecular flexibility index (Phi) is 6.15. The summed E-state index contributed by atoms with van der Waals surface area (Å²) in [6.07, 6.45) is 1.60. The van der Waals surface area contributed by atoms with Crippen molar-refractivity contribution in [1.82, 2.24) is 15.5 Å². The lowest BCUT2D eigenvalue weighted by molar-refractivity contribution is -0.135. The van der Waals surface area contributed by atoms with Crippen LogP contribution in [0.1, 0.15) is 36.4 Å². The van der Waals surface area contributed by atoms with E-state index in [9.17, 15) is 14.4 Å². The van der Waals surface area contributed by atoms with Gasteiger partial charge in [0.15, 0.2) is 0 Å². The second-order valence-corrected chi connectivity index (χ2v) is 6.95. The number of piperidine rings is 1. The van der Waals surface area contributed by atoms with Gasteiger partial charge in [-0.15, -0.1) is 11.3 Å². The zero-order chi connectivity index (χ0) is 16.8. The number of thiophene rings is 1. The Morgan fingerprint density at radius 1 is 1.39 bits per heavy atom. The minimum Gasteiger partial charge on any atom is -0.354 e. The number of hydrogen-bond donors (Lipinski definition) is 2. The van der Waals surface area contributed by atoms with Gasteiger partial charge in [-0.05, 0) is 38.1 Å². The fraction of sp³-hybridized carbons (Fsp3) is 0.562. The van der Waals surface area contributed by atoms with Crippen LogP contribution in [0.15, 0.2) is 17.5 Å². The number of nitrogens with zero attached hydrogens (tertiary/aromatic N) is 1. The van der Waals surface area contributed by atoms with E-state index in [1.165, 1.54) is 11.3 Å². The highest BCUT2D eigenvalue weighted by molar-refractivity contribution is 7.12. The molecule has 1 fully saturated rings. The number of carbonyl (C=O) groups excluding carboxylic acids is 3. The molecular weight excluding hydrogens is 314 g/mol. The summed E-state index contributed by atoms with van der Waals surface area (Å²) in [5, 5.41) is 7.35. The van der Waals surface area contributed by atoms with Crippen LogP contribution >= 0.6 is 11.3 Å². The summed E-state index contributed by atoms with van der Waals surface area (Å²) >= 11 is 1.34. The zero-order valence-corrected chi connectivity index (χ0v) is 14.3. The molecule has 0 aromatic carbocycles. The Labute approximate surface area is 140 Å². The summed E-state index contributed by atoms with van der Waals surface area (Å²) < 4.78 is 0. The van der Waals surface area contributed by atoms with Crippen LogP contribution in [0, 0.1) is 5.92 Å². The molecule has 6 nitrogen and oxygen atoms in total. The van der Waals surface area contributed by atoms with Gasteiger partial charge in [0.05, 0.1) is 17.3 Å². The average Bonchev–Trinajstić information content (AvgIpc) is 3.06. The van der Waals surface area contributed by atoms with Crippen molar-refractivity contribution >= 4 is 29.1 Å². The van der Waals surface area contributed by atoms with E-state index in [2.05, 4.69) is 10.6 Å². The highest BCUT2D eigenvalue weighted by atomic mass is 32.1. The Morgan fingerprint density at radius 2 is 2.17 bits per heavy atom. The summed E-state index contributed by atoms with van der Waals surface area (Å²) in [5.74, 6) is -0.542. The first kappa shape index (κ1) is 17.5. The molecule has 2 N–H and O–H groups in total. The van der Waals surface area contributed by atoms with Gasteiger partial charge in [0.2, 0.25) is 11.8 Å². The molecule has 1 saturated heterocycles. The maximum Gasteiger partial charge on any atom is 0.261 e. The van der Waals surface area contributed by atoms with Gasteiger partial charge in [-0.3, -0.25) is 14.4 Å². The minimum absolute atomic E-state index is 0.000112. The van der Waals surface area contributed by atoms with Crippen molar-refractivity contribution in [2.45, 2.75) is 32.7 Å². The Bertz CT molecular complexity index is 557. The van der Waals surface area contributed by atoms with Gasteiger partial charge in [0.1, 0.15) is 0 Å². The van der Waals surface area contributed by atoms with Gasteiger partial charge in [0, 0.05) is 19.1 Å². The zero-order valence-electron chi connectivity index (χ0n) is 13.5. The molecule has 1 atom stereocenters. The van der Waals surface area contributed by atoms with Crippen LogP contribution in [0.5, 0.6) is 0 Å². The number of hydrogen-bond acceptors (Lipinski definition) is 4.